The zero-order valence-corrected chi connectivity index (χ0v) is 9.02. The monoisotopic (exact) mass is 238 g/mol. The van der Waals surface area contributed by atoms with Crippen molar-refractivity contribution >= 4 is 29.2 Å². The van der Waals surface area contributed by atoms with Crippen LogP contribution in [0.2, 0.25) is 10.3 Å². The Morgan fingerprint density at radius 2 is 2.21 bits per heavy atom. The number of hydrogen-bond donors (Lipinski definition) is 1. The molecule has 5 nitrogen and oxygen atoms in total. The van der Waals surface area contributed by atoms with Crippen LogP contribution in [0.4, 0.5) is 0 Å². The summed E-state index contributed by atoms with van der Waals surface area (Å²) in [6.45, 7) is 1.57. The van der Waals surface area contributed by atoms with Crippen LogP contribution in [0.25, 0.3) is 0 Å². The number of aromatic nitrogens is 2. The molecular weight excluding hydrogens is 231 g/mol. The summed E-state index contributed by atoms with van der Waals surface area (Å²) in [4.78, 5) is 17.4. The second-order valence-electron chi connectivity index (χ2n) is 2.40. The van der Waals surface area contributed by atoms with E-state index in [1.807, 2.05) is 0 Å². The van der Waals surface area contributed by atoms with Gasteiger partial charge in [0.05, 0.1) is 0 Å². The van der Waals surface area contributed by atoms with E-state index in [4.69, 9.17) is 32.7 Å². The van der Waals surface area contributed by atoms with Crippen molar-refractivity contribution in [3.05, 3.63) is 16.1 Å². The molecule has 1 N–H and O–H groups in total. The highest BCUT2D eigenvalue weighted by Crippen LogP contribution is 2.18. The fourth-order valence-corrected chi connectivity index (χ4v) is 0.946. The van der Waals surface area contributed by atoms with Crippen LogP contribution in [0.3, 0.4) is 0 Å². The Bertz CT molecular complexity index is 320. The predicted molar refractivity (Wildman–Crippen MR) is 50.5 cm³/mol. The quantitative estimate of drug-likeness (QED) is 0.645. The fraction of sp³-hybridized carbons (Fsp3) is 0.429. The Morgan fingerprint density at radius 3 is 2.64 bits per heavy atom. The summed E-state index contributed by atoms with van der Waals surface area (Å²) in [5.41, 5.74) is 0. The number of methoxy groups -OCH3 is 1. The first-order valence-electron chi connectivity index (χ1n) is 3.69. The van der Waals surface area contributed by atoms with Crippen molar-refractivity contribution in [1.29, 1.82) is 0 Å². The van der Waals surface area contributed by atoms with E-state index in [-0.39, 0.29) is 16.1 Å². The van der Waals surface area contributed by atoms with E-state index in [0.717, 1.165) is 0 Å². The molecule has 0 bridgehead atoms. The lowest BCUT2D eigenvalue weighted by Gasteiger charge is -2.08. The van der Waals surface area contributed by atoms with E-state index < -0.39 is 12.3 Å². The zero-order valence-electron chi connectivity index (χ0n) is 7.51. The third-order valence-electron chi connectivity index (χ3n) is 1.42. The molecule has 1 heterocycles. The lowest BCUT2D eigenvalue weighted by Crippen LogP contribution is -2.17. The first-order chi connectivity index (χ1) is 6.54. The van der Waals surface area contributed by atoms with Gasteiger partial charge in [0.2, 0.25) is 5.82 Å². The molecule has 0 aliphatic carbocycles. The van der Waals surface area contributed by atoms with Crippen LogP contribution < -0.4 is 0 Å². The zero-order chi connectivity index (χ0) is 10.7. The van der Waals surface area contributed by atoms with Crippen molar-refractivity contribution in [2.24, 2.45) is 0 Å². The SMILES string of the molecule is COC(C)OC(=O)c1nc(Cl)c(Cl)[nH]1. The molecule has 1 aromatic rings. The maximum Gasteiger partial charge on any atom is 0.376 e. The van der Waals surface area contributed by atoms with Crippen LogP contribution in [0, 0.1) is 0 Å². The Balaban J connectivity index is 2.70. The first kappa shape index (κ1) is 11.3. The Labute approximate surface area is 90.3 Å². The van der Waals surface area contributed by atoms with Gasteiger partial charge >= 0.3 is 5.97 Å². The highest BCUT2D eigenvalue weighted by Gasteiger charge is 2.17. The van der Waals surface area contributed by atoms with E-state index in [1.165, 1.54) is 7.11 Å². The van der Waals surface area contributed by atoms with Crippen molar-refractivity contribution in [3.63, 3.8) is 0 Å². The number of ether oxygens (including phenoxy) is 2. The molecule has 0 aliphatic heterocycles. The molecule has 0 fully saturated rings. The Hall–Kier alpha value is -0.780. The number of H-pyrrole nitrogens is 1. The van der Waals surface area contributed by atoms with Crippen molar-refractivity contribution in [2.45, 2.75) is 13.2 Å². The minimum Gasteiger partial charge on any atom is -0.430 e. The van der Waals surface area contributed by atoms with Gasteiger partial charge in [-0.05, 0) is 6.92 Å². The van der Waals surface area contributed by atoms with Crippen molar-refractivity contribution < 1.29 is 14.3 Å². The number of imidazole rings is 1. The molecular formula is C7H8Cl2N2O3. The second-order valence-corrected chi connectivity index (χ2v) is 3.13. The standard InChI is InChI=1S/C7H8Cl2N2O3/c1-3(13-2)14-7(12)6-10-4(8)5(9)11-6/h3H,1-2H3,(H,10,11). The minimum atomic E-state index is -0.673. The third-order valence-corrected chi connectivity index (χ3v) is 2.06. The maximum atomic E-state index is 11.3. The van der Waals surface area contributed by atoms with E-state index in [1.54, 1.807) is 6.92 Å². The van der Waals surface area contributed by atoms with Crippen LogP contribution in [-0.4, -0.2) is 29.3 Å². The lowest BCUT2D eigenvalue weighted by molar-refractivity contribution is -0.0779. The van der Waals surface area contributed by atoms with Gasteiger partial charge in [-0.1, -0.05) is 23.2 Å². The summed E-state index contributed by atoms with van der Waals surface area (Å²) in [6, 6.07) is 0. The van der Waals surface area contributed by atoms with Crippen molar-refractivity contribution in [3.8, 4) is 0 Å². The molecule has 1 rings (SSSR count). The lowest BCUT2D eigenvalue weighted by atomic mass is 10.6. The van der Waals surface area contributed by atoms with Gasteiger partial charge in [-0.25, -0.2) is 9.78 Å². The molecule has 0 aliphatic rings. The van der Waals surface area contributed by atoms with Crippen LogP contribution in [0.1, 0.15) is 17.5 Å². The van der Waals surface area contributed by atoms with Gasteiger partial charge in [0, 0.05) is 7.11 Å². The third kappa shape index (κ3) is 2.60. The maximum absolute atomic E-state index is 11.3. The molecule has 78 valence electrons. The van der Waals surface area contributed by atoms with Crippen LogP contribution >= 0.6 is 23.2 Å². The number of carbonyl (C=O) groups is 1. The molecule has 7 heteroatoms. The van der Waals surface area contributed by atoms with Gasteiger partial charge in [0.1, 0.15) is 5.15 Å². The number of nitrogens with one attached hydrogen (secondary N) is 1. The van der Waals surface area contributed by atoms with Gasteiger partial charge < -0.3 is 14.5 Å². The van der Waals surface area contributed by atoms with E-state index in [2.05, 4.69) is 9.97 Å². The van der Waals surface area contributed by atoms with E-state index in [0.29, 0.717) is 0 Å². The highest BCUT2D eigenvalue weighted by molar-refractivity contribution is 6.40. The van der Waals surface area contributed by atoms with Gasteiger partial charge in [-0.2, -0.15) is 0 Å². The molecule has 0 saturated carbocycles. The summed E-state index contributed by atoms with van der Waals surface area (Å²) < 4.78 is 9.51. The number of aromatic amines is 1. The molecule has 0 amide bonds. The number of rotatable bonds is 3. The summed E-state index contributed by atoms with van der Waals surface area (Å²) in [7, 11) is 1.42. The summed E-state index contributed by atoms with van der Waals surface area (Å²) in [5.74, 6) is -0.725. The topological polar surface area (TPSA) is 64.2 Å². The average Bonchev–Trinajstić information content (AvgIpc) is 2.47. The molecule has 0 radical (unpaired) electrons. The summed E-state index contributed by atoms with van der Waals surface area (Å²) in [5, 5.41) is 0.132. The second kappa shape index (κ2) is 4.63. The van der Waals surface area contributed by atoms with Crippen molar-refractivity contribution in [2.75, 3.05) is 7.11 Å². The molecule has 1 atom stereocenters. The largest absolute Gasteiger partial charge is 0.430 e. The highest BCUT2D eigenvalue weighted by atomic mass is 35.5. The molecule has 0 aromatic carbocycles. The first-order valence-corrected chi connectivity index (χ1v) is 4.45. The predicted octanol–water partition coefficient (Wildman–Crippen LogP) is 1.87. The van der Waals surface area contributed by atoms with Gasteiger partial charge in [-0.3, -0.25) is 0 Å². The molecule has 14 heavy (non-hydrogen) atoms. The molecule has 0 spiro atoms. The Kier molecular flexibility index (Phi) is 3.74. The normalized spacial score (nSPS) is 12.6. The van der Waals surface area contributed by atoms with Crippen LogP contribution in [0.5, 0.6) is 0 Å². The van der Waals surface area contributed by atoms with Gasteiger partial charge in [0.25, 0.3) is 0 Å². The van der Waals surface area contributed by atoms with Gasteiger partial charge in [0.15, 0.2) is 11.4 Å². The summed E-state index contributed by atoms with van der Waals surface area (Å²) in [6.07, 6.45) is -0.648. The molecule has 1 aromatic heterocycles. The number of halogens is 2. The van der Waals surface area contributed by atoms with Gasteiger partial charge in [-0.15, -0.1) is 0 Å². The van der Waals surface area contributed by atoms with E-state index >= 15 is 0 Å². The molecule has 0 saturated heterocycles. The fourth-order valence-electron chi connectivity index (χ4n) is 0.682. The van der Waals surface area contributed by atoms with Crippen LogP contribution in [0.15, 0.2) is 0 Å². The Morgan fingerprint density at radius 1 is 1.57 bits per heavy atom. The number of hydrogen-bond acceptors (Lipinski definition) is 4. The minimum absolute atomic E-state index is 0.0312. The summed E-state index contributed by atoms with van der Waals surface area (Å²) >= 11 is 11.1. The molecule has 1 unspecified atom stereocenters. The smallest absolute Gasteiger partial charge is 0.376 e. The number of nitrogens with zero attached hydrogens (tertiary/aromatic N) is 1. The van der Waals surface area contributed by atoms with Crippen molar-refractivity contribution in [1.82, 2.24) is 9.97 Å². The number of carbonyl (C=O) groups excluding carboxylic acids is 1. The average molecular weight is 239 g/mol. The number of esters is 1. The van der Waals surface area contributed by atoms with Crippen LogP contribution in [-0.2, 0) is 9.47 Å². The van der Waals surface area contributed by atoms with E-state index in [9.17, 15) is 4.79 Å².